The van der Waals surface area contributed by atoms with Gasteiger partial charge in [0.15, 0.2) is 0 Å². The third kappa shape index (κ3) is 3.21. The predicted molar refractivity (Wildman–Crippen MR) is 92.1 cm³/mol. The molecule has 23 heavy (non-hydrogen) atoms. The lowest BCUT2D eigenvalue weighted by molar-refractivity contribution is 0.0955. The summed E-state index contributed by atoms with van der Waals surface area (Å²) in [5.74, 6) is 0.797. The molecule has 0 aliphatic heterocycles. The van der Waals surface area contributed by atoms with Gasteiger partial charge in [-0.05, 0) is 31.0 Å². The first-order valence-corrected chi connectivity index (χ1v) is 7.67. The zero-order chi connectivity index (χ0) is 16.2. The Morgan fingerprint density at radius 2 is 2.04 bits per heavy atom. The Balaban J connectivity index is 1.67. The van der Waals surface area contributed by atoms with Gasteiger partial charge in [-0.3, -0.25) is 4.79 Å². The van der Waals surface area contributed by atoms with Gasteiger partial charge in [-0.15, -0.1) is 0 Å². The number of aryl methyl sites for hydroxylation is 1. The van der Waals surface area contributed by atoms with Crippen LogP contribution in [-0.2, 0) is 6.42 Å². The van der Waals surface area contributed by atoms with Gasteiger partial charge in [0.1, 0.15) is 5.75 Å². The van der Waals surface area contributed by atoms with Gasteiger partial charge >= 0.3 is 0 Å². The molecule has 0 aliphatic carbocycles. The molecule has 4 nitrogen and oxygen atoms in total. The van der Waals surface area contributed by atoms with E-state index in [4.69, 9.17) is 4.74 Å². The number of methoxy groups -OCH3 is 1. The van der Waals surface area contributed by atoms with Gasteiger partial charge in [0.25, 0.3) is 5.91 Å². The van der Waals surface area contributed by atoms with Crippen LogP contribution in [0.5, 0.6) is 5.75 Å². The standard InChI is InChI=1S/C19H20N2O2/c1-13-7-8-18(23-2)14(11-13)9-10-20-19(22)16-12-21-17-6-4-3-5-15(16)17/h3-8,11-12,21H,9-10H2,1-2H3,(H,20,22). The number of carbonyl (C=O) groups is 1. The van der Waals surface area contributed by atoms with Crippen LogP contribution in [0.25, 0.3) is 10.9 Å². The molecule has 2 aromatic carbocycles. The zero-order valence-corrected chi connectivity index (χ0v) is 13.3. The van der Waals surface area contributed by atoms with Crippen molar-refractivity contribution in [2.24, 2.45) is 0 Å². The zero-order valence-electron chi connectivity index (χ0n) is 13.3. The minimum atomic E-state index is -0.0610. The molecule has 0 atom stereocenters. The van der Waals surface area contributed by atoms with E-state index in [0.29, 0.717) is 12.1 Å². The summed E-state index contributed by atoms with van der Waals surface area (Å²) in [4.78, 5) is 15.5. The highest BCUT2D eigenvalue weighted by Crippen LogP contribution is 2.20. The average molecular weight is 308 g/mol. The van der Waals surface area contributed by atoms with Crippen molar-refractivity contribution in [2.45, 2.75) is 13.3 Å². The van der Waals surface area contributed by atoms with Crippen LogP contribution in [0.1, 0.15) is 21.5 Å². The van der Waals surface area contributed by atoms with E-state index < -0.39 is 0 Å². The number of ether oxygens (including phenoxy) is 1. The number of benzene rings is 2. The van der Waals surface area contributed by atoms with Crippen molar-refractivity contribution in [1.82, 2.24) is 10.3 Å². The summed E-state index contributed by atoms with van der Waals surface area (Å²) in [5.41, 5.74) is 3.94. The summed E-state index contributed by atoms with van der Waals surface area (Å²) in [5, 5.41) is 3.92. The van der Waals surface area contributed by atoms with Gasteiger partial charge in [0.05, 0.1) is 12.7 Å². The summed E-state index contributed by atoms with van der Waals surface area (Å²) in [6.07, 6.45) is 2.49. The van der Waals surface area contributed by atoms with E-state index in [2.05, 4.69) is 16.4 Å². The Hall–Kier alpha value is -2.75. The molecule has 0 bridgehead atoms. The number of fused-ring (bicyclic) bond motifs is 1. The molecule has 1 aromatic heterocycles. The third-order valence-corrected chi connectivity index (χ3v) is 3.95. The van der Waals surface area contributed by atoms with Gasteiger partial charge in [-0.25, -0.2) is 0 Å². The number of amides is 1. The van der Waals surface area contributed by atoms with Gasteiger partial charge < -0.3 is 15.0 Å². The Bertz CT molecular complexity index is 836. The van der Waals surface area contributed by atoms with Gasteiger partial charge in [-0.2, -0.15) is 0 Å². The predicted octanol–water partition coefficient (Wildman–Crippen LogP) is 3.46. The van der Waals surface area contributed by atoms with Crippen molar-refractivity contribution >= 4 is 16.8 Å². The first-order valence-electron chi connectivity index (χ1n) is 7.67. The van der Waals surface area contributed by atoms with E-state index in [0.717, 1.165) is 28.6 Å². The summed E-state index contributed by atoms with van der Waals surface area (Å²) < 4.78 is 5.37. The van der Waals surface area contributed by atoms with E-state index in [9.17, 15) is 4.79 Å². The van der Waals surface area contributed by atoms with Crippen molar-refractivity contribution in [3.63, 3.8) is 0 Å². The van der Waals surface area contributed by atoms with Gasteiger partial charge in [0, 0.05) is 23.6 Å². The van der Waals surface area contributed by atoms with Crippen molar-refractivity contribution in [3.05, 3.63) is 65.4 Å². The fourth-order valence-corrected chi connectivity index (χ4v) is 2.77. The van der Waals surface area contributed by atoms with Crippen LogP contribution in [0.4, 0.5) is 0 Å². The largest absolute Gasteiger partial charge is 0.496 e. The summed E-state index contributed by atoms with van der Waals surface area (Å²) >= 11 is 0. The SMILES string of the molecule is COc1ccc(C)cc1CCNC(=O)c1c[nH]c2ccccc12. The second-order valence-corrected chi connectivity index (χ2v) is 5.57. The van der Waals surface area contributed by atoms with E-state index in [1.807, 2.05) is 43.3 Å². The molecular weight excluding hydrogens is 288 g/mol. The first kappa shape index (κ1) is 15.2. The number of para-hydroxylation sites is 1. The van der Waals surface area contributed by atoms with Crippen LogP contribution in [0.2, 0.25) is 0 Å². The summed E-state index contributed by atoms with van der Waals surface area (Å²) in [6.45, 7) is 2.62. The van der Waals surface area contributed by atoms with Crippen molar-refractivity contribution in [1.29, 1.82) is 0 Å². The summed E-state index contributed by atoms with van der Waals surface area (Å²) in [6, 6.07) is 13.9. The molecule has 4 heteroatoms. The normalized spacial score (nSPS) is 10.7. The molecule has 3 aromatic rings. The third-order valence-electron chi connectivity index (χ3n) is 3.95. The second-order valence-electron chi connectivity index (χ2n) is 5.57. The molecular formula is C19H20N2O2. The number of aromatic amines is 1. The Morgan fingerprint density at radius 1 is 1.22 bits per heavy atom. The first-order chi connectivity index (χ1) is 11.2. The molecule has 118 valence electrons. The van der Waals surface area contributed by atoms with E-state index in [1.165, 1.54) is 5.56 Å². The smallest absolute Gasteiger partial charge is 0.253 e. The van der Waals surface area contributed by atoms with Crippen molar-refractivity contribution < 1.29 is 9.53 Å². The lowest BCUT2D eigenvalue weighted by Crippen LogP contribution is -2.25. The second kappa shape index (κ2) is 6.57. The van der Waals surface area contributed by atoms with Gasteiger partial charge in [-0.1, -0.05) is 35.9 Å². The molecule has 0 spiro atoms. The minimum Gasteiger partial charge on any atom is -0.496 e. The van der Waals surface area contributed by atoms with E-state index in [-0.39, 0.29) is 5.91 Å². The Morgan fingerprint density at radius 3 is 2.87 bits per heavy atom. The minimum absolute atomic E-state index is 0.0610. The maximum atomic E-state index is 12.4. The highest BCUT2D eigenvalue weighted by atomic mass is 16.5. The number of H-pyrrole nitrogens is 1. The van der Waals surface area contributed by atoms with Crippen LogP contribution in [-0.4, -0.2) is 24.5 Å². The van der Waals surface area contributed by atoms with Crippen LogP contribution < -0.4 is 10.1 Å². The quantitative estimate of drug-likeness (QED) is 0.758. The Kier molecular flexibility index (Phi) is 4.33. The average Bonchev–Trinajstić information content (AvgIpc) is 2.99. The molecule has 1 heterocycles. The fraction of sp³-hybridized carbons (Fsp3) is 0.211. The maximum Gasteiger partial charge on any atom is 0.253 e. The molecule has 0 saturated heterocycles. The van der Waals surface area contributed by atoms with Crippen molar-refractivity contribution in [3.8, 4) is 5.75 Å². The van der Waals surface area contributed by atoms with E-state index >= 15 is 0 Å². The van der Waals surface area contributed by atoms with Gasteiger partial charge in [0.2, 0.25) is 0 Å². The summed E-state index contributed by atoms with van der Waals surface area (Å²) in [7, 11) is 1.67. The molecule has 0 saturated carbocycles. The lowest BCUT2D eigenvalue weighted by Gasteiger charge is -2.10. The fourth-order valence-electron chi connectivity index (χ4n) is 2.77. The van der Waals surface area contributed by atoms with Crippen LogP contribution >= 0.6 is 0 Å². The molecule has 0 radical (unpaired) electrons. The van der Waals surface area contributed by atoms with E-state index in [1.54, 1.807) is 13.3 Å². The number of rotatable bonds is 5. The maximum absolute atomic E-state index is 12.4. The highest BCUT2D eigenvalue weighted by Gasteiger charge is 2.11. The topological polar surface area (TPSA) is 54.1 Å². The molecule has 0 aliphatic rings. The number of aromatic nitrogens is 1. The number of hydrogen-bond donors (Lipinski definition) is 2. The van der Waals surface area contributed by atoms with Crippen LogP contribution in [0, 0.1) is 6.92 Å². The van der Waals surface area contributed by atoms with Crippen LogP contribution in [0.15, 0.2) is 48.7 Å². The lowest BCUT2D eigenvalue weighted by atomic mass is 10.1. The molecule has 0 unspecified atom stereocenters. The molecule has 2 N–H and O–H groups in total. The van der Waals surface area contributed by atoms with Crippen molar-refractivity contribution in [2.75, 3.05) is 13.7 Å². The highest BCUT2D eigenvalue weighted by molar-refractivity contribution is 6.06. The van der Waals surface area contributed by atoms with Crippen LogP contribution in [0.3, 0.4) is 0 Å². The number of nitrogens with one attached hydrogen (secondary N) is 2. The Labute approximate surface area is 135 Å². The molecule has 0 fully saturated rings. The number of hydrogen-bond acceptors (Lipinski definition) is 2. The number of carbonyl (C=O) groups excluding carboxylic acids is 1. The molecule has 3 rings (SSSR count). The molecule has 1 amide bonds. The monoisotopic (exact) mass is 308 g/mol.